The Morgan fingerprint density at radius 2 is 1.69 bits per heavy atom. The number of hydrogen-bond donors (Lipinski definition) is 0. The predicted molar refractivity (Wildman–Crippen MR) is 96.2 cm³/mol. The van der Waals surface area contributed by atoms with Gasteiger partial charge in [0.15, 0.2) is 0 Å². The van der Waals surface area contributed by atoms with Gasteiger partial charge in [0.05, 0.1) is 23.8 Å². The summed E-state index contributed by atoms with van der Waals surface area (Å²) in [5, 5.41) is 4.22. The Bertz CT molecular complexity index is 1170. The highest BCUT2D eigenvalue weighted by atomic mass is 19.3. The summed E-state index contributed by atoms with van der Waals surface area (Å²) in [5.41, 5.74) is 1.65. The Morgan fingerprint density at radius 1 is 0.862 bits per heavy atom. The number of fused-ring (bicyclic) bond motifs is 1. The summed E-state index contributed by atoms with van der Waals surface area (Å²) in [4.78, 5) is 8.09. The fourth-order valence-corrected chi connectivity index (χ4v) is 3.02. The Morgan fingerprint density at radius 3 is 2.45 bits per heavy atom. The van der Waals surface area contributed by atoms with E-state index in [1.54, 1.807) is 10.7 Å². The van der Waals surface area contributed by atoms with Crippen LogP contribution in [0, 0.1) is 5.82 Å². The fourth-order valence-electron chi connectivity index (χ4n) is 3.02. The van der Waals surface area contributed by atoms with Gasteiger partial charge in [0.2, 0.25) is 0 Å². The maximum absolute atomic E-state index is 13.6. The summed E-state index contributed by atoms with van der Waals surface area (Å²) in [6.45, 7) is 0.174. The molecule has 4 aromatic rings. The van der Waals surface area contributed by atoms with Crippen LogP contribution in [-0.2, 0) is 6.54 Å². The van der Waals surface area contributed by atoms with Gasteiger partial charge >= 0.3 is 0 Å². The van der Waals surface area contributed by atoms with Gasteiger partial charge in [0.25, 0.3) is 12.9 Å². The van der Waals surface area contributed by atoms with Gasteiger partial charge in [-0.25, -0.2) is 22.0 Å². The summed E-state index contributed by atoms with van der Waals surface area (Å²) in [6, 6.07) is 6.49. The SMILES string of the molecule is Fc1ccc(-c2cnc3cnn(Cc4cncc(C(F)F)c4)c3c2)cc1C(F)F. The zero-order valence-corrected chi connectivity index (χ0v) is 14.7. The van der Waals surface area contributed by atoms with Crippen LogP contribution in [0.25, 0.3) is 22.2 Å². The molecule has 0 amide bonds. The second-order valence-electron chi connectivity index (χ2n) is 6.39. The highest BCUT2D eigenvalue weighted by Gasteiger charge is 2.15. The monoisotopic (exact) mass is 404 g/mol. The minimum absolute atomic E-state index is 0.174. The zero-order chi connectivity index (χ0) is 20.5. The third-order valence-electron chi connectivity index (χ3n) is 4.46. The molecule has 0 aliphatic rings. The third-order valence-corrected chi connectivity index (χ3v) is 4.46. The second kappa shape index (κ2) is 7.57. The second-order valence-corrected chi connectivity index (χ2v) is 6.39. The lowest BCUT2D eigenvalue weighted by atomic mass is 10.0. The topological polar surface area (TPSA) is 43.6 Å². The molecule has 0 radical (unpaired) electrons. The van der Waals surface area contributed by atoms with Crippen molar-refractivity contribution in [3.8, 4) is 11.1 Å². The minimum atomic E-state index is -2.94. The van der Waals surface area contributed by atoms with Gasteiger partial charge in [-0.05, 0) is 35.4 Å². The van der Waals surface area contributed by atoms with Crippen LogP contribution in [0.4, 0.5) is 22.0 Å². The van der Waals surface area contributed by atoms with Crippen molar-refractivity contribution < 1.29 is 22.0 Å². The summed E-state index contributed by atoms with van der Waals surface area (Å²) in [6.07, 6.45) is -0.0102. The van der Waals surface area contributed by atoms with Crippen LogP contribution in [0.2, 0.25) is 0 Å². The molecule has 148 valence electrons. The van der Waals surface area contributed by atoms with Crippen LogP contribution < -0.4 is 0 Å². The van der Waals surface area contributed by atoms with E-state index >= 15 is 0 Å². The molecule has 29 heavy (non-hydrogen) atoms. The van der Waals surface area contributed by atoms with Crippen LogP contribution >= 0.6 is 0 Å². The van der Waals surface area contributed by atoms with E-state index in [0.29, 0.717) is 27.7 Å². The zero-order valence-electron chi connectivity index (χ0n) is 14.7. The molecule has 0 N–H and O–H groups in total. The van der Waals surface area contributed by atoms with Gasteiger partial charge < -0.3 is 0 Å². The van der Waals surface area contributed by atoms with Crippen LogP contribution in [0.15, 0.2) is 55.1 Å². The predicted octanol–water partition coefficient (Wildman–Crippen LogP) is 5.56. The molecule has 0 saturated carbocycles. The van der Waals surface area contributed by atoms with Crippen molar-refractivity contribution in [1.82, 2.24) is 19.7 Å². The lowest BCUT2D eigenvalue weighted by Gasteiger charge is -2.08. The maximum atomic E-state index is 13.6. The number of rotatable bonds is 5. The van der Waals surface area contributed by atoms with Gasteiger partial charge in [-0.15, -0.1) is 0 Å². The molecule has 0 aliphatic heterocycles. The first-order chi connectivity index (χ1) is 13.9. The molecule has 0 atom stereocenters. The molecule has 0 saturated heterocycles. The summed E-state index contributed by atoms with van der Waals surface area (Å²) < 4.78 is 66.9. The van der Waals surface area contributed by atoms with E-state index in [9.17, 15) is 22.0 Å². The minimum Gasteiger partial charge on any atom is -0.264 e. The summed E-state index contributed by atoms with van der Waals surface area (Å²) in [7, 11) is 0. The van der Waals surface area contributed by atoms with E-state index in [2.05, 4.69) is 15.1 Å². The van der Waals surface area contributed by atoms with Crippen LogP contribution in [0.1, 0.15) is 29.5 Å². The van der Waals surface area contributed by atoms with E-state index in [0.717, 1.165) is 18.3 Å². The molecule has 0 spiro atoms. The molecule has 0 bridgehead atoms. The van der Waals surface area contributed by atoms with Crippen molar-refractivity contribution in [3.05, 3.63) is 77.6 Å². The number of alkyl halides is 4. The number of benzene rings is 1. The number of aromatic nitrogens is 4. The molecule has 0 aliphatic carbocycles. The number of halogens is 5. The molecule has 4 rings (SSSR count). The Balaban J connectivity index is 1.72. The highest BCUT2D eigenvalue weighted by Crippen LogP contribution is 2.29. The van der Waals surface area contributed by atoms with Gasteiger partial charge in [0.1, 0.15) is 11.3 Å². The van der Waals surface area contributed by atoms with Crippen molar-refractivity contribution in [1.29, 1.82) is 0 Å². The van der Waals surface area contributed by atoms with E-state index in [-0.39, 0.29) is 12.1 Å². The molecule has 4 nitrogen and oxygen atoms in total. The van der Waals surface area contributed by atoms with Crippen molar-refractivity contribution in [2.24, 2.45) is 0 Å². The fraction of sp³-hybridized carbons (Fsp3) is 0.150. The third kappa shape index (κ3) is 3.80. The van der Waals surface area contributed by atoms with Gasteiger partial charge in [-0.2, -0.15) is 5.10 Å². The molecule has 9 heteroatoms. The summed E-state index contributed by atoms with van der Waals surface area (Å²) >= 11 is 0. The van der Waals surface area contributed by atoms with Gasteiger partial charge in [-0.3, -0.25) is 14.6 Å². The number of pyridine rings is 2. The Kier molecular flexibility index (Phi) is 4.96. The van der Waals surface area contributed by atoms with Gasteiger partial charge in [-0.1, -0.05) is 6.07 Å². The normalized spacial score (nSPS) is 11.7. The van der Waals surface area contributed by atoms with Crippen molar-refractivity contribution in [2.45, 2.75) is 19.4 Å². The molecular formula is C20H13F5N4. The van der Waals surface area contributed by atoms with Gasteiger partial charge in [0, 0.05) is 29.7 Å². The van der Waals surface area contributed by atoms with E-state index in [1.165, 1.54) is 30.7 Å². The smallest absolute Gasteiger partial charge is 0.264 e. The van der Waals surface area contributed by atoms with Crippen LogP contribution in [-0.4, -0.2) is 19.7 Å². The Hall–Kier alpha value is -3.36. The molecule has 0 unspecified atom stereocenters. The van der Waals surface area contributed by atoms with Crippen molar-refractivity contribution in [2.75, 3.05) is 0 Å². The molecule has 3 aromatic heterocycles. The molecule has 1 aromatic carbocycles. The van der Waals surface area contributed by atoms with Crippen LogP contribution in [0.5, 0.6) is 0 Å². The first kappa shape index (κ1) is 19.0. The lowest BCUT2D eigenvalue weighted by Crippen LogP contribution is -2.03. The van der Waals surface area contributed by atoms with Crippen LogP contribution in [0.3, 0.4) is 0 Å². The quantitative estimate of drug-likeness (QED) is 0.409. The summed E-state index contributed by atoms with van der Waals surface area (Å²) in [5.74, 6) is -0.978. The average Bonchev–Trinajstić information content (AvgIpc) is 3.10. The number of nitrogens with zero attached hydrogens (tertiary/aromatic N) is 4. The Labute approximate surface area is 161 Å². The first-order valence-electron chi connectivity index (χ1n) is 8.54. The largest absolute Gasteiger partial charge is 0.266 e. The molecular weight excluding hydrogens is 391 g/mol. The average molecular weight is 404 g/mol. The molecule has 3 heterocycles. The van der Waals surface area contributed by atoms with Crippen molar-refractivity contribution in [3.63, 3.8) is 0 Å². The lowest BCUT2D eigenvalue weighted by molar-refractivity contribution is 0.146. The standard InChI is InChI=1S/C20H13F5N4/c21-16-2-1-12(4-15(16)20(24)25)13-5-18-17(27-8-13)9-28-29(18)10-11-3-14(19(22)23)7-26-6-11/h1-9,19-20H,10H2. The molecule has 0 fully saturated rings. The number of hydrogen-bond acceptors (Lipinski definition) is 3. The van der Waals surface area contributed by atoms with E-state index in [4.69, 9.17) is 0 Å². The van der Waals surface area contributed by atoms with Crippen molar-refractivity contribution >= 4 is 11.0 Å². The first-order valence-corrected chi connectivity index (χ1v) is 8.54. The highest BCUT2D eigenvalue weighted by molar-refractivity contribution is 5.80. The maximum Gasteiger partial charge on any atom is 0.266 e. The van der Waals surface area contributed by atoms with E-state index < -0.39 is 24.2 Å². The van der Waals surface area contributed by atoms with E-state index in [1.807, 2.05) is 0 Å².